The van der Waals surface area contributed by atoms with Gasteiger partial charge in [0, 0.05) is 5.56 Å². The molecule has 0 heterocycles. The van der Waals surface area contributed by atoms with Gasteiger partial charge in [-0.05, 0) is 23.6 Å². The van der Waals surface area contributed by atoms with Gasteiger partial charge < -0.3 is 0 Å². The Morgan fingerprint density at radius 1 is 0.947 bits per heavy atom. The van der Waals surface area contributed by atoms with Gasteiger partial charge in [0.1, 0.15) is 6.07 Å². The van der Waals surface area contributed by atoms with Crippen molar-refractivity contribution < 1.29 is 0 Å². The van der Waals surface area contributed by atoms with E-state index in [2.05, 4.69) is 19.1 Å². The van der Waals surface area contributed by atoms with Crippen LogP contribution < -0.4 is 0 Å². The molecule has 19 heavy (non-hydrogen) atoms. The van der Waals surface area contributed by atoms with E-state index in [0.717, 1.165) is 29.5 Å². The molecular weight excluding hydrogens is 232 g/mol. The highest BCUT2D eigenvalue weighted by Crippen LogP contribution is 2.30. The zero-order chi connectivity index (χ0) is 13.7. The average molecular weight is 246 g/mol. The molecule has 0 aliphatic heterocycles. The van der Waals surface area contributed by atoms with Crippen molar-refractivity contribution in [1.82, 2.24) is 0 Å². The van der Waals surface area contributed by atoms with Crippen molar-refractivity contribution >= 4 is 0 Å². The van der Waals surface area contributed by atoms with Crippen LogP contribution in [-0.2, 0) is 6.42 Å². The maximum Gasteiger partial charge on any atom is 0.100 e. The van der Waals surface area contributed by atoms with Gasteiger partial charge >= 0.3 is 0 Å². The highest BCUT2D eigenvalue weighted by atomic mass is 14.3. The van der Waals surface area contributed by atoms with E-state index in [1.807, 2.05) is 42.5 Å². The average Bonchev–Trinajstić information content (AvgIpc) is 2.48. The van der Waals surface area contributed by atoms with Gasteiger partial charge in [0.25, 0.3) is 0 Å². The van der Waals surface area contributed by atoms with Crippen LogP contribution in [-0.4, -0.2) is 0 Å². The summed E-state index contributed by atoms with van der Waals surface area (Å²) in [5.41, 5.74) is 3.89. The zero-order valence-corrected chi connectivity index (χ0v) is 10.9. The van der Waals surface area contributed by atoms with Crippen LogP contribution in [0.1, 0.15) is 30.0 Å². The minimum absolute atomic E-state index is 0.558. The van der Waals surface area contributed by atoms with Crippen molar-refractivity contribution in [2.75, 3.05) is 0 Å². The fourth-order valence-electron chi connectivity index (χ4n) is 2.25. The molecule has 2 nitrogen and oxygen atoms in total. The van der Waals surface area contributed by atoms with Crippen molar-refractivity contribution in [1.29, 1.82) is 10.5 Å². The molecule has 0 aliphatic rings. The van der Waals surface area contributed by atoms with Gasteiger partial charge in [-0.2, -0.15) is 10.5 Å². The van der Waals surface area contributed by atoms with Gasteiger partial charge in [0.2, 0.25) is 0 Å². The standard InChI is InChI=1S/C17H14N2/c1-2-6-13-9-10-15(11-18)17(16(13)12-19)14-7-4-3-5-8-14/h3-5,7-10H,2,6H2,1H3. The van der Waals surface area contributed by atoms with Crippen LogP contribution in [0, 0.1) is 22.7 Å². The molecule has 0 N–H and O–H groups in total. The predicted octanol–water partition coefficient (Wildman–Crippen LogP) is 4.05. The topological polar surface area (TPSA) is 47.6 Å². The zero-order valence-electron chi connectivity index (χ0n) is 10.9. The highest BCUT2D eigenvalue weighted by Gasteiger charge is 2.14. The number of benzene rings is 2. The minimum Gasteiger partial charge on any atom is -0.192 e. The first-order valence-corrected chi connectivity index (χ1v) is 6.33. The highest BCUT2D eigenvalue weighted by molar-refractivity contribution is 5.78. The van der Waals surface area contributed by atoms with Gasteiger partial charge in [-0.1, -0.05) is 49.7 Å². The summed E-state index contributed by atoms with van der Waals surface area (Å²) in [4.78, 5) is 0. The third-order valence-corrected chi connectivity index (χ3v) is 3.11. The second kappa shape index (κ2) is 5.85. The number of nitriles is 2. The number of nitrogens with zero attached hydrogens (tertiary/aromatic N) is 2. The van der Waals surface area contributed by atoms with E-state index in [1.165, 1.54) is 0 Å². The van der Waals surface area contributed by atoms with Gasteiger partial charge in [0.05, 0.1) is 17.2 Å². The predicted molar refractivity (Wildman–Crippen MR) is 75.3 cm³/mol. The largest absolute Gasteiger partial charge is 0.192 e. The van der Waals surface area contributed by atoms with E-state index in [9.17, 15) is 10.5 Å². The number of rotatable bonds is 3. The Balaban J connectivity index is 2.73. The molecule has 0 saturated carbocycles. The van der Waals surface area contributed by atoms with E-state index in [0.29, 0.717) is 11.1 Å². The summed E-state index contributed by atoms with van der Waals surface area (Å²) in [6.45, 7) is 2.08. The van der Waals surface area contributed by atoms with Crippen molar-refractivity contribution in [3.63, 3.8) is 0 Å². The number of aryl methyl sites for hydroxylation is 1. The Bertz CT molecular complexity index is 658. The SMILES string of the molecule is CCCc1ccc(C#N)c(-c2ccccc2)c1C#N. The van der Waals surface area contributed by atoms with E-state index in [1.54, 1.807) is 0 Å². The lowest BCUT2D eigenvalue weighted by Crippen LogP contribution is -1.96. The molecule has 0 amide bonds. The second-order valence-electron chi connectivity index (χ2n) is 4.36. The first-order chi connectivity index (χ1) is 9.31. The fourth-order valence-corrected chi connectivity index (χ4v) is 2.25. The number of hydrogen-bond acceptors (Lipinski definition) is 2. The van der Waals surface area contributed by atoms with Crippen molar-refractivity contribution in [2.24, 2.45) is 0 Å². The molecule has 0 unspecified atom stereocenters. The van der Waals surface area contributed by atoms with Gasteiger partial charge in [0.15, 0.2) is 0 Å². The Morgan fingerprint density at radius 2 is 1.68 bits per heavy atom. The molecule has 0 saturated heterocycles. The van der Waals surface area contributed by atoms with Crippen molar-refractivity contribution in [3.05, 3.63) is 59.2 Å². The first-order valence-electron chi connectivity index (χ1n) is 6.33. The van der Waals surface area contributed by atoms with Crippen LogP contribution in [0.2, 0.25) is 0 Å². The van der Waals surface area contributed by atoms with E-state index < -0.39 is 0 Å². The molecule has 92 valence electrons. The third kappa shape index (κ3) is 2.49. The summed E-state index contributed by atoms with van der Waals surface area (Å²) in [7, 11) is 0. The molecule has 0 atom stereocenters. The summed E-state index contributed by atoms with van der Waals surface area (Å²) < 4.78 is 0. The van der Waals surface area contributed by atoms with Gasteiger partial charge in [-0.15, -0.1) is 0 Å². The molecule has 0 bridgehead atoms. The van der Waals surface area contributed by atoms with Crippen LogP contribution in [0.4, 0.5) is 0 Å². The van der Waals surface area contributed by atoms with Crippen LogP contribution in [0.3, 0.4) is 0 Å². The molecule has 2 rings (SSSR count). The van der Waals surface area contributed by atoms with E-state index >= 15 is 0 Å². The Kier molecular flexibility index (Phi) is 3.96. The van der Waals surface area contributed by atoms with Crippen LogP contribution in [0.25, 0.3) is 11.1 Å². The maximum absolute atomic E-state index is 9.45. The molecule has 2 aromatic rings. The summed E-state index contributed by atoms with van der Waals surface area (Å²) >= 11 is 0. The Hall–Kier alpha value is -2.58. The van der Waals surface area contributed by atoms with E-state index in [4.69, 9.17) is 0 Å². The normalized spacial score (nSPS) is 9.63. The number of hydrogen-bond donors (Lipinski definition) is 0. The molecule has 2 aromatic carbocycles. The lowest BCUT2D eigenvalue weighted by atomic mass is 9.90. The van der Waals surface area contributed by atoms with Crippen molar-refractivity contribution in [2.45, 2.75) is 19.8 Å². The second-order valence-corrected chi connectivity index (χ2v) is 4.36. The van der Waals surface area contributed by atoms with Crippen LogP contribution in [0.15, 0.2) is 42.5 Å². The lowest BCUT2D eigenvalue weighted by molar-refractivity contribution is 0.918. The lowest BCUT2D eigenvalue weighted by Gasteiger charge is -2.11. The molecule has 0 aromatic heterocycles. The van der Waals surface area contributed by atoms with Gasteiger partial charge in [-0.3, -0.25) is 0 Å². The summed E-state index contributed by atoms with van der Waals surface area (Å²) in [6, 6.07) is 17.8. The maximum atomic E-state index is 9.45. The first kappa shape index (κ1) is 12.9. The monoisotopic (exact) mass is 246 g/mol. The fraction of sp³-hybridized carbons (Fsp3) is 0.176. The third-order valence-electron chi connectivity index (χ3n) is 3.11. The molecule has 2 heteroatoms. The molecule has 0 aliphatic carbocycles. The Labute approximate surface area is 113 Å². The molecular formula is C17H14N2. The van der Waals surface area contributed by atoms with E-state index in [-0.39, 0.29) is 0 Å². The molecule has 0 spiro atoms. The Morgan fingerprint density at radius 3 is 2.26 bits per heavy atom. The summed E-state index contributed by atoms with van der Waals surface area (Å²) in [6.07, 6.45) is 1.84. The summed E-state index contributed by atoms with van der Waals surface area (Å²) in [5.74, 6) is 0. The minimum atomic E-state index is 0.558. The van der Waals surface area contributed by atoms with Crippen LogP contribution in [0.5, 0.6) is 0 Å². The quantitative estimate of drug-likeness (QED) is 0.820. The van der Waals surface area contributed by atoms with Crippen molar-refractivity contribution in [3.8, 4) is 23.3 Å². The molecule has 0 radical (unpaired) electrons. The van der Waals surface area contributed by atoms with Crippen LogP contribution >= 0.6 is 0 Å². The smallest absolute Gasteiger partial charge is 0.100 e. The molecule has 0 fully saturated rings. The van der Waals surface area contributed by atoms with Gasteiger partial charge in [-0.25, -0.2) is 0 Å². The summed E-state index contributed by atoms with van der Waals surface area (Å²) in [5, 5.41) is 18.7.